The first-order valence-corrected chi connectivity index (χ1v) is 4.41. The number of hydrogen-bond donors (Lipinski definition) is 2. The molecular formula is C10H14N2O. The van der Waals surface area contributed by atoms with E-state index < -0.39 is 0 Å². The summed E-state index contributed by atoms with van der Waals surface area (Å²) in [5, 5.41) is 5.60. The van der Waals surface area contributed by atoms with Crippen molar-refractivity contribution < 1.29 is 4.79 Å². The van der Waals surface area contributed by atoms with Crippen LogP contribution in [0.4, 0.5) is 0 Å². The summed E-state index contributed by atoms with van der Waals surface area (Å²) >= 11 is 0. The van der Waals surface area contributed by atoms with Gasteiger partial charge in [-0.3, -0.25) is 4.79 Å². The number of rotatable bonds is 0. The largest absolute Gasteiger partial charge is 0.368 e. The average molecular weight is 178 g/mol. The van der Waals surface area contributed by atoms with Crippen molar-refractivity contribution in [1.82, 2.24) is 10.6 Å². The highest BCUT2D eigenvalue weighted by Crippen LogP contribution is 1.93. The van der Waals surface area contributed by atoms with Crippen LogP contribution >= 0.6 is 0 Å². The van der Waals surface area contributed by atoms with E-state index in [1.807, 2.05) is 36.7 Å². The topological polar surface area (TPSA) is 41.1 Å². The molecule has 0 aromatic carbocycles. The summed E-state index contributed by atoms with van der Waals surface area (Å²) in [6.45, 7) is 0.888. The first-order chi connectivity index (χ1) is 6.39. The van der Waals surface area contributed by atoms with E-state index in [1.165, 1.54) is 0 Å². The van der Waals surface area contributed by atoms with Crippen molar-refractivity contribution >= 4 is 5.91 Å². The highest BCUT2D eigenvalue weighted by molar-refractivity contribution is 5.77. The van der Waals surface area contributed by atoms with Gasteiger partial charge in [-0.1, -0.05) is 12.2 Å². The van der Waals surface area contributed by atoms with Crippen LogP contribution in [0.2, 0.25) is 0 Å². The zero-order valence-electron chi connectivity index (χ0n) is 7.49. The van der Waals surface area contributed by atoms with Crippen molar-refractivity contribution in [3.05, 3.63) is 36.7 Å². The van der Waals surface area contributed by atoms with Gasteiger partial charge in [0.05, 0.1) is 0 Å². The van der Waals surface area contributed by atoms with Crippen LogP contribution in [0.3, 0.4) is 0 Å². The van der Waals surface area contributed by atoms with Gasteiger partial charge in [0.25, 0.3) is 0 Å². The predicted octanol–water partition coefficient (Wildman–Crippen LogP) is 1.07. The van der Waals surface area contributed by atoms with Crippen LogP contribution in [-0.2, 0) is 4.79 Å². The van der Waals surface area contributed by atoms with E-state index in [9.17, 15) is 4.79 Å². The zero-order valence-corrected chi connectivity index (χ0v) is 7.49. The minimum Gasteiger partial charge on any atom is -0.368 e. The Balaban J connectivity index is 0.000000132. The maximum Gasteiger partial charge on any atom is 0.220 e. The maximum atomic E-state index is 10.1. The van der Waals surface area contributed by atoms with Crippen LogP contribution in [0.1, 0.15) is 12.8 Å². The predicted molar refractivity (Wildman–Crippen MR) is 52.8 cm³/mol. The number of carbonyl (C=O) groups is 1. The number of amides is 1. The van der Waals surface area contributed by atoms with Gasteiger partial charge >= 0.3 is 0 Å². The van der Waals surface area contributed by atoms with Crippen LogP contribution in [0, 0.1) is 0 Å². The quantitative estimate of drug-likeness (QED) is 0.582. The summed E-state index contributed by atoms with van der Waals surface area (Å²) in [4.78, 5) is 10.1. The third kappa shape index (κ3) is 4.85. The Morgan fingerprint density at radius 2 is 1.77 bits per heavy atom. The van der Waals surface area contributed by atoms with Gasteiger partial charge in [-0.2, -0.15) is 0 Å². The summed E-state index contributed by atoms with van der Waals surface area (Å²) in [5.41, 5.74) is 0. The molecule has 0 atom stereocenters. The lowest BCUT2D eigenvalue weighted by atomic mass is 10.4. The molecule has 1 amide bonds. The number of hydrogen-bond acceptors (Lipinski definition) is 2. The molecule has 13 heavy (non-hydrogen) atoms. The van der Waals surface area contributed by atoms with E-state index >= 15 is 0 Å². The lowest BCUT2D eigenvalue weighted by Crippen LogP contribution is -2.12. The Labute approximate surface area is 78.2 Å². The minimum absolute atomic E-state index is 0.204. The van der Waals surface area contributed by atoms with E-state index in [2.05, 4.69) is 10.6 Å². The van der Waals surface area contributed by atoms with Crippen molar-refractivity contribution in [2.45, 2.75) is 12.8 Å². The van der Waals surface area contributed by atoms with Crippen LogP contribution in [0.5, 0.6) is 0 Å². The summed E-state index contributed by atoms with van der Waals surface area (Å²) in [6, 6.07) is 0. The summed E-state index contributed by atoms with van der Waals surface area (Å²) in [6.07, 6.45) is 13.3. The lowest BCUT2D eigenvalue weighted by Gasteiger charge is -1.80. The lowest BCUT2D eigenvalue weighted by molar-refractivity contribution is -0.119. The van der Waals surface area contributed by atoms with Gasteiger partial charge < -0.3 is 10.6 Å². The molecule has 0 radical (unpaired) electrons. The van der Waals surface area contributed by atoms with Crippen molar-refractivity contribution in [2.24, 2.45) is 0 Å². The molecule has 2 heterocycles. The average Bonchev–Trinajstić information content (AvgIpc) is 2.48. The molecule has 2 rings (SSSR count). The smallest absolute Gasteiger partial charge is 0.220 e. The van der Waals surface area contributed by atoms with Crippen LogP contribution < -0.4 is 10.6 Å². The van der Waals surface area contributed by atoms with E-state index in [1.54, 1.807) is 0 Å². The molecule has 0 spiro atoms. The van der Waals surface area contributed by atoms with E-state index in [-0.39, 0.29) is 5.91 Å². The molecule has 3 heteroatoms. The second kappa shape index (κ2) is 6.06. The molecule has 0 aromatic heterocycles. The Morgan fingerprint density at radius 1 is 1.08 bits per heavy atom. The molecule has 2 aliphatic heterocycles. The van der Waals surface area contributed by atoms with E-state index in [0.717, 1.165) is 19.4 Å². The molecule has 70 valence electrons. The van der Waals surface area contributed by atoms with Gasteiger partial charge in [-0.15, -0.1) is 0 Å². The first-order valence-electron chi connectivity index (χ1n) is 4.41. The third-order valence-electron chi connectivity index (χ3n) is 1.62. The highest BCUT2D eigenvalue weighted by atomic mass is 16.1. The van der Waals surface area contributed by atoms with Crippen molar-refractivity contribution in [1.29, 1.82) is 0 Å². The summed E-state index contributed by atoms with van der Waals surface area (Å²) in [7, 11) is 0. The normalized spacial score (nSPS) is 18.3. The summed E-state index contributed by atoms with van der Waals surface area (Å²) < 4.78 is 0. The number of carbonyl (C=O) groups excluding carboxylic acids is 1. The van der Waals surface area contributed by atoms with Crippen LogP contribution in [0.15, 0.2) is 36.7 Å². The zero-order chi connectivity index (χ0) is 9.36. The Kier molecular flexibility index (Phi) is 4.46. The fraction of sp³-hybridized carbons (Fsp3) is 0.300. The molecule has 1 saturated heterocycles. The fourth-order valence-corrected chi connectivity index (χ4v) is 0.971. The molecule has 1 fully saturated rings. The second-order valence-corrected chi connectivity index (χ2v) is 2.72. The van der Waals surface area contributed by atoms with E-state index in [4.69, 9.17) is 0 Å². The molecule has 0 unspecified atom stereocenters. The molecule has 2 N–H and O–H groups in total. The Hall–Kier alpha value is -1.51. The van der Waals surface area contributed by atoms with Crippen LogP contribution in [0.25, 0.3) is 0 Å². The Bertz CT molecular complexity index is 219. The molecule has 0 aromatic rings. The number of allylic oxidation sites excluding steroid dienone is 4. The standard InChI is InChI=1S/C6H7N.C4H7NO/c1-2-4-6-7-5-3-1;6-4-2-1-3-5-4/h1-7H;1-3H2,(H,5,6). The fourth-order valence-electron chi connectivity index (χ4n) is 0.971. The van der Waals surface area contributed by atoms with Crippen molar-refractivity contribution in [3.8, 4) is 0 Å². The van der Waals surface area contributed by atoms with Crippen molar-refractivity contribution in [3.63, 3.8) is 0 Å². The molecule has 0 aliphatic carbocycles. The maximum absolute atomic E-state index is 10.1. The van der Waals surface area contributed by atoms with Crippen LogP contribution in [-0.4, -0.2) is 12.5 Å². The molecule has 0 bridgehead atoms. The monoisotopic (exact) mass is 178 g/mol. The Morgan fingerprint density at radius 3 is 2.15 bits per heavy atom. The second-order valence-electron chi connectivity index (χ2n) is 2.72. The number of nitrogens with one attached hydrogen (secondary N) is 2. The third-order valence-corrected chi connectivity index (χ3v) is 1.62. The van der Waals surface area contributed by atoms with Gasteiger partial charge in [0, 0.05) is 25.4 Å². The van der Waals surface area contributed by atoms with Gasteiger partial charge in [0.2, 0.25) is 5.91 Å². The van der Waals surface area contributed by atoms with Gasteiger partial charge in [0.1, 0.15) is 0 Å². The molecule has 3 nitrogen and oxygen atoms in total. The molecule has 2 aliphatic rings. The minimum atomic E-state index is 0.204. The highest BCUT2D eigenvalue weighted by Gasteiger charge is 2.05. The van der Waals surface area contributed by atoms with Crippen molar-refractivity contribution in [2.75, 3.05) is 6.54 Å². The first kappa shape index (κ1) is 9.58. The van der Waals surface area contributed by atoms with Gasteiger partial charge in [0.15, 0.2) is 0 Å². The molecular weight excluding hydrogens is 164 g/mol. The van der Waals surface area contributed by atoms with E-state index in [0.29, 0.717) is 0 Å². The molecule has 0 saturated carbocycles. The van der Waals surface area contributed by atoms with Gasteiger partial charge in [-0.05, 0) is 18.6 Å². The summed E-state index contributed by atoms with van der Waals surface area (Å²) in [5.74, 6) is 0.204. The SMILES string of the molecule is C1=CC=CNC=C1.O=C1CCCN1. The van der Waals surface area contributed by atoms with Gasteiger partial charge in [-0.25, -0.2) is 0 Å².